The van der Waals surface area contributed by atoms with Crippen LogP contribution in [-0.4, -0.2) is 49.9 Å². The molecule has 2 unspecified atom stereocenters. The summed E-state index contributed by atoms with van der Waals surface area (Å²) in [5, 5.41) is 21.7. The third-order valence-electron chi connectivity index (χ3n) is 9.73. The zero-order valence-electron chi connectivity index (χ0n) is 31.3. The molecule has 9 heteroatoms. The number of Topliss-reactive ketones (excluding diaryl/α,β-unsaturated/α-hetero) is 2. The Bertz CT molecular complexity index is 801. The first-order valence-electron chi connectivity index (χ1n) is 20.2. The van der Waals surface area contributed by atoms with E-state index in [0.29, 0.717) is 12.8 Å². The van der Waals surface area contributed by atoms with Crippen LogP contribution in [0.2, 0.25) is 0 Å². The van der Waals surface area contributed by atoms with Crippen LogP contribution in [0.1, 0.15) is 219 Å². The molecule has 0 saturated carbocycles. The van der Waals surface area contributed by atoms with Crippen LogP contribution in [0, 0.1) is 0 Å². The number of hydrogen-bond acceptors (Lipinski definition) is 6. The maximum Gasteiger partial charge on any atom is 0.469 e. The highest BCUT2D eigenvalue weighted by molar-refractivity contribution is 7.46. The van der Waals surface area contributed by atoms with Crippen molar-refractivity contribution in [2.75, 3.05) is 6.61 Å². The van der Waals surface area contributed by atoms with Crippen molar-refractivity contribution in [3.05, 3.63) is 0 Å². The Morgan fingerprint density at radius 3 is 1.08 bits per heavy atom. The first-order chi connectivity index (χ1) is 23.1. The van der Waals surface area contributed by atoms with Gasteiger partial charge in [0.1, 0.15) is 0 Å². The lowest BCUT2D eigenvalue weighted by atomic mass is 9.85. The monoisotopic (exact) mass is 705 g/mol. The van der Waals surface area contributed by atoms with Gasteiger partial charge in [0.05, 0.1) is 6.61 Å². The number of hydrogen-bond donors (Lipinski definition) is 4. The second-order valence-electron chi connectivity index (χ2n) is 14.4. The quantitative estimate of drug-likeness (QED) is 0.0367. The van der Waals surface area contributed by atoms with Gasteiger partial charge in [-0.25, -0.2) is 4.57 Å². The summed E-state index contributed by atoms with van der Waals surface area (Å²) in [6.45, 7) is 3.36. The fraction of sp³-hybridized carbons (Fsp3) is 0.949. The number of aliphatic hydroxyl groups is 2. The van der Waals surface area contributed by atoms with Gasteiger partial charge in [0.15, 0.2) is 23.3 Å². The highest BCUT2D eigenvalue weighted by Crippen LogP contribution is 2.38. The SMILES string of the molecule is CCCCCCCCCCCCCCCCCC(=O)C(O)C(O)(COP(=O)(O)O)C(=O)CCCCCCCCCCCCCCCCC. The van der Waals surface area contributed by atoms with Gasteiger partial charge < -0.3 is 20.0 Å². The fourth-order valence-electron chi connectivity index (χ4n) is 6.44. The molecule has 8 nitrogen and oxygen atoms in total. The second kappa shape index (κ2) is 32.3. The van der Waals surface area contributed by atoms with Gasteiger partial charge in [-0.2, -0.15) is 0 Å². The van der Waals surface area contributed by atoms with E-state index in [-0.39, 0.29) is 12.8 Å². The summed E-state index contributed by atoms with van der Waals surface area (Å²) in [5.74, 6) is -1.52. The standard InChI is InChI=1S/C39H77O8P/c1-3-5-7-9-11-13-15-17-19-21-23-25-27-29-31-33-36(40)38(42)39(43,35-47-48(44,45)46)37(41)34-32-30-28-26-24-22-20-18-16-14-12-10-8-6-4-2/h38,42-43H,3-35H2,1-2H3,(H2,44,45,46). The first-order valence-corrected chi connectivity index (χ1v) is 21.8. The Morgan fingerprint density at radius 1 is 0.521 bits per heavy atom. The molecule has 2 atom stereocenters. The molecule has 0 rings (SSSR count). The summed E-state index contributed by atoms with van der Waals surface area (Å²) in [4.78, 5) is 44.0. The summed E-state index contributed by atoms with van der Waals surface area (Å²) in [5.41, 5.74) is -2.68. The van der Waals surface area contributed by atoms with Gasteiger partial charge >= 0.3 is 7.82 Å². The number of rotatable bonds is 38. The van der Waals surface area contributed by atoms with Gasteiger partial charge in [0.25, 0.3) is 0 Å². The Hall–Kier alpha value is -0.630. The van der Waals surface area contributed by atoms with Gasteiger partial charge in [-0.1, -0.05) is 194 Å². The molecule has 0 aliphatic carbocycles. The van der Waals surface area contributed by atoms with Gasteiger partial charge in [0.2, 0.25) is 0 Å². The van der Waals surface area contributed by atoms with Crippen molar-refractivity contribution in [1.82, 2.24) is 0 Å². The fourth-order valence-corrected chi connectivity index (χ4v) is 6.81. The first kappa shape index (κ1) is 47.4. The van der Waals surface area contributed by atoms with Crippen LogP contribution in [0.4, 0.5) is 0 Å². The van der Waals surface area contributed by atoms with Crippen molar-refractivity contribution in [3.63, 3.8) is 0 Å². The summed E-state index contributed by atoms with van der Waals surface area (Å²) in [7, 11) is -5.02. The number of aliphatic hydroxyl groups excluding tert-OH is 1. The van der Waals surface area contributed by atoms with Crippen molar-refractivity contribution in [2.24, 2.45) is 0 Å². The van der Waals surface area contributed by atoms with E-state index in [2.05, 4.69) is 18.4 Å². The van der Waals surface area contributed by atoms with Crippen LogP contribution in [-0.2, 0) is 18.7 Å². The molecule has 0 radical (unpaired) electrons. The van der Waals surface area contributed by atoms with Gasteiger partial charge in [-0.05, 0) is 12.8 Å². The maximum absolute atomic E-state index is 13.0. The topological polar surface area (TPSA) is 141 Å². The van der Waals surface area contributed by atoms with E-state index in [1.54, 1.807) is 0 Å². The van der Waals surface area contributed by atoms with Crippen molar-refractivity contribution in [3.8, 4) is 0 Å². The number of ketones is 2. The van der Waals surface area contributed by atoms with Crippen LogP contribution in [0.15, 0.2) is 0 Å². The largest absolute Gasteiger partial charge is 0.469 e. The van der Waals surface area contributed by atoms with E-state index < -0.39 is 37.7 Å². The maximum atomic E-state index is 13.0. The normalized spacial score (nSPS) is 13.9. The van der Waals surface area contributed by atoms with Gasteiger partial charge in [0, 0.05) is 12.8 Å². The van der Waals surface area contributed by atoms with E-state index >= 15 is 0 Å². The second-order valence-corrected chi connectivity index (χ2v) is 15.6. The molecule has 0 bridgehead atoms. The van der Waals surface area contributed by atoms with Crippen LogP contribution >= 0.6 is 7.82 Å². The molecule has 0 saturated heterocycles. The molecular weight excluding hydrogens is 627 g/mol. The molecule has 286 valence electrons. The molecule has 0 heterocycles. The lowest BCUT2D eigenvalue weighted by molar-refractivity contribution is -0.165. The lowest BCUT2D eigenvalue weighted by Gasteiger charge is -2.30. The van der Waals surface area contributed by atoms with Crippen molar-refractivity contribution in [1.29, 1.82) is 0 Å². The predicted octanol–water partition coefficient (Wildman–Crippen LogP) is 10.8. The summed E-state index contributed by atoms with van der Waals surface area (Å²) in [6.07, 6.45) is 33.1. The Kier molecular flexibility index (Phi) is 31.9. The zero-order valence-corrected chi connectivity index (χ0v) is 32.2. The molecule has 0 aromatic carbocycles. The molecule has 48 heavy (non-hydrogen) atoms. The van der Waals surface area contributed by atoms with Crippen LogP contribution in [0.3, 0.4) is 0 Å². The highest BCUT2D eigenvalue weighted by Gasteiger charge is 2.47. The minimum atomic E-state index is -5.02. The van der Waals surface area contributed by atoms with E-state index in [1.165, 1.54) is 135 Å². The number of carbonyl (C=O) groups excluding carboxylic acids is 2. The smallest absolute Gasteiger partial charge is 0.382 e. The number of unbranched alkanes of at least 4 members (excludes halogenated alkanes) is 28. The van der Waals surface area contributed by atoms with Crippen LogP contribution < -0.4 is 0 Å². The minimum absolute atomic E-state index is 0.0100. The molecule has 0 spiro atoms. The van der Waals surface area contributed by atoms with E-state index in [1.807, 2.05) is 0 Å². The minimum Gasteiger partial charge on any atom is -0.382 e. The van der Waals surface area contributed by atoms with E-state index in [4.69, 9.17) is 9.79 Å². The highest BCUT2D eigenvalue weighted by atomic mass is 31.2. The zero-order chi connectivity index (χ0) is 35.8. The molecule has 0 aliphatic rings. The predicted molar refractivity (Wildman–Crippen MR) is 198 cm³/mol. The summed E-state index contributed by atoms with van der Waals surface area (Å²) >= 11 is 0. The Morgan fingerprint density at radius 2 is 0.792 bits per heavy atom. The van der Waals surface area contributed by atoms with Crippen molar-refractivity contribution >= 4 is 19.4 Å². The molecule has 0 amide bonds. The van der Waals surface area contributed by atoms with Gasteiger partial charge in [-0.3, -0.25) is 14.1 Å². The third-order valence-corrected chi connectivity index (χ3v) is 10.2. The number of phosphoric acid groups is 1. The van der Waals surface area contributed by atoms with Crippen LogP contribution in [0.25, 0.3) is 0 Å². The van der Waals surface area contributed by atoms with Crippen LogP contribution in [0.5, 0.6) is 0 Å². The average Bonchev–Trinajstić information content (AvgIpc) is 3.06. The van der Waals surface area contributed by atoms with Crippen molar-refractivity contribution < 1.29 is 38.7 Å². The van der Waals surface area contributed by atoms with Gasteiger partial charge in [-0.15, -0.1) is 0 Å². The Labute approximate surface area is 295 Å². The summed E-state index contributed by atoms with van der Waals surface area (Å²) in [6, 6.07) is 0. The van der Waals surface area contributed by atoms with E-state index in [9.17, 15) is 24.4 Å². The number of phosphoric ester groups is 1. The molecule has 0 aliphatic heterocycles. The number of carbonyl (C=O) groups is 2. The summed E-state index contributed by atoms with van der Waals surface area (Å²) < 4.78 is 15.7. The molecule has 0 aromatic rings. The average molecular weight is 705 g/mol. The molecule has 0 aromatic heterocycles. The lowest BCUT2D eigenvalue weighted by Crippen LogP contribution is -2.56. The molecule has 4 N–H and O–H groups in total. The Balaban J connectivity index is 4.21. The molecule has 0 fully saturated rings. The molecular formula is C39H77O8P. The third kappa shape index (κ3) is 28.1. The van der Waals surface area contributed by atoms with E-state index in [0.717, 1.165) is 44.9 Å². The van der Waals surface area contributed by atoms with Crippen molar-refractivity contribution in [2.45, 2.75) is 231 Å².